The minimum atomic E-state index is -2.16. The Balaban J connectivity index is 2.41. The Hall–Kier alpha value is -0.676. The Bertz CT molecular complexity index is 692. The average molecular weight is 487 g/mol. The van der Waals surface area contributed by atoms with Gasteiger partial charge in [0, 0.05) is 0 Å². The summed E-state index contributed by atoms with van der Waals surface area (Å²) in [7, 11) is -2.88. The van der Waals surface area contributed by atoms with Crippen LogP contribution in [0.25, 0.3) is 0 Å². The largest absolute Gasteiger partial charge is 0.490 e. The highest BCUT2D eigenvalue weighted by Crippen LogP contribution is 2.45. The molecule has 32 heavy (non-hydrogen) atoms. The predicted octanol–water partition coefficient (Wildman–Crippen LogP) is 5.79. The minimum absolute atomic E-state index is 0.0315. The fourth-order valence-electron chi connectivity index (χ4n) is 3.62. The number of fused-ring (bicyclic) bond motifs is 1. The number of carbonyl (C=O) groups excluding carboxylic acids is 1. The van der Waals surface area contributed by atoms with Gasteiger partial charge in [-0.05, 0) is 49.1 Å². The SMILES string of the molecule is C=C1O[C@H]2CC[C@H](CC(=O)OC)O[C@@H]2[C@H](O[Si](C)(C)C(C)(C)C)[C@@H]1O[Si](C)(C)C(C)(C)C. The molecule has 0 aromatic rings. The summed E-state index contributed by atoms with van der Waals surface area (Å²) in [5, 5.41) is 0.0657. The summed E-state index contributed by atoms with van der Waals surface area (Å²) in [5.74, 6) is 0.375. The molecule has 0 aromatic carbocycles. The molecular formula is C24H46O6Si2. The number of hydrogen-bond acceptors (Lipinski definition) is 6. The molecule has 2 rings (SSSR count). The summed E-state index contributed by atoms with van der Waals surface area (Å²) in [6.07, 6.45) is 0.372. The van der Waals surface area contributed by atoms with E-state index in [2.05, 4.69) is 74.3 Å². The first kappa shape index (κ1) is 27.6. The molecule has 2 saturated heterocycles. The maximum absolute atomic E-state index is 11.9. The van der Waals surface area contributed by atoms with E-state index in [1.165, 1.54) is 7.11 Å². The Morgan fingerprint density at radius 3 is 2.03 bits per heavy atom. The van der Waals surface area contributed by atoms with Gasteiger partial charge in [-0.2, -0.15) is 0 Å². The van der Waals surface area contributed by atoms with Crippen molar-refractivity contribution in [1.29, 1.82) is 0 Å². The van der Waals surface area contributed by atoms with Crippen molar-refractivity contribution in [2.75, 3.05) is 7.11 Å². The van der Waals surface area contributed by atoms with Crippen LogP contribution >= 0.6 is 0 Å². The van der Waals surface area contributed by atoms with Gasteiger partial charge in [0.1, 0.15) is 30.2 Å². The van der Waals surface area contributed by atoms with Crippen LogP contribution in [0, 0.1) is 0 Å². The standard InChI is InChI=1S/C24H46O6Si2/c1-16-20(29-31(9,10)23(2,3)4)22(30-32(11,12)24(5,6)7)21-18(27-16)14-13-17(28-21)15-19(25)26-8/h17-18,20-22H,1,13-15H2,2-12H3/t17-,18+,20-,21+,22-/m1/s1. The van der Waals surface area contributed by atoms with E-state index in [1.54, 1.807) is 0 Å². The van der Waals surface area contributed by atoms with Crippen molar-refractivity contribution < 1.29 is 27.9 Å². The quantitative estimate of drug-likeness (QED) is 0.350. The van der Waals surface area contributed by atoms with Crippen LogP contribution in [0.3, 0.4) is 0 Å². The molecule has 0 saturated carbocycles. The molecule has 2 heterocycles. The topological polar surface area (TPSA) is 63.2 Å². The van der Waals surface area contributed by atoms with E-state index in [0.717, 1.165) is 12.8 Å². The van der Waals surface area contributed by atoms with Crippen molar-refractivity contribution in [3.05, 3.63) is 12.3 Å². The molecule has 6 nitrogen and oxygen atoms in total. The van der Waals surface area contributed by atoms with Crippen molar-refractivity contribution in [3.63, 3.8) is 0 Å². The number of methoxy groups -OCH3 is 1. The summed E-state index contributed by atoms with van der Waals surface area (Å²) < 4.78 is 31.5. The molecule has 8 heteroatoms. The van der Waals surface area contributed by atoms with E-state index in [-0.39, 0.29) is 46.9 Å². The van der Waals surface area contributed by atoms with Crippen molar-refractivity contribution in [1.82, 2.24) is 0 Å². The predicted molar refractivity (Wildman–Crippen MR) is 133 cm³/mol. The van der Waals surface area contributed by atoms with Crippen LogP contribution in [0.15, 0.2) is 12.3 Å². The lowest BCUT2D eigenvalue weighted by atomic mass is 9.90. The first-order valence-corrected chi connectivity index (χ1v) is 17.6. The van der Waals surface area contributed by atoms with Crippen LogP contribution in [0.1, 0.15) is 60.8 Å². The Morgan fingerprint density at radius 1 is 1.00 bits per heavy atom. The first-order chi connectivity index (χ1) is 14.4. The normalized spacial score (nSPS) is 29.8. The van der Waals surface area contributed by atoms with Crippen LogP contribution in [0.2, 0.25) is 36.3 Å². The zero-order chi connectivity index (χ0) is 24.7. The van der Waals surface area contributed by atoms with Gasteiger partial charge in [0.05, 0.1) is 19.6 Å². The van der Waals surface area contributed by atoms with E-state index in [9.17, 15) is 4.79 Å². The second-order valence-corrected chi connectivity index (χ2v) is 21.9. The van der Waals surface area contributed by atoms with Gasteiger partial charge in [0.2, 0.25) is 0 Å². The molecule has 5 atom stereocenters. The number of hydrogen-bond donors (Lipinski definition) is 0. The van der Waals surface area contributed by atoms with Crippen LogP contribution in [-0.4, -0.2) is 60.2 Å². The van der Waals surface area contributed by atoms with Gasteiger partial charge in [-0.1, -0.05) is 48.1 Å². The molecule has 186 valence electrons. The Kier molecular flexibility index (Phi) is 8.20. The summed E-state index contributed by atoms with van der Waals surface area (Å²) in [6.45, 7) is 26.6. The number of carbonyl (C=O) groups is 1. The smallest absolute Gasteiger partial charge is 0.308 e. The van der Waals surface area contributed by atoms with Crippen LogP contribution in [-0.2, 0) is 27.9 Å². The molecule has 2 fully saturated rings. The molecule has 0 aliphatic carbocycles. The summed E-state index contributed by atoms with van der Waals surface area (Å²) in [5.41, 5.74) is 0. The van der Waals surface area contributed by atoms with Crippen molar-refractivity contribution in [2.24, 2.45) is 0 Å². The number of ether oxygens (including phenoxy) is 3. The second kappa shape index (κ2) is 9.52. The van der Waals surface area contributed by atoms with E-state index < -0.39 is 22.7 Å². The minimum Gasteiger partial charge on any atom is -0.490 e. The molecule has 2 aliphatic rings. The third-order valence-electron chi connectivity index (χ3n) is 7.82. The molecule has 0 aromatic heterocycles. The highest BCUT2D eigenvalue weighted by atomic mass is 28.4. The van der Waals surface area contributed by atoms with Gasteiger partial charge in [0.15, 0.2) is 16.6 Å². The monoisotopic (exact) mass is 486 g/mol. The molecule has 0 amide bonds. The third kappa shape index (κ3) is 6.06. The molecular weight excluding hydrogens is 440 g/mol. The van der Waals surface area contributed by atoms with E-state index in [0.29, 0.717) is 5.76 Å². The molecule has 0 unspecified atom stereocenters. The highest BCUT2D eigenvalue weighted by molar-refractivity contribution is 6.74. The molecule has 0 N–H and O–H groups in total. The van der Waals surface area contributed by atoms with Crippen LogP contribution < -0.4 is 0 Å². The van der Waals surface area contributed by atoms with Gasteiger partial charge in [-0.25, -0.2) is 0 Å². The summed E-state index contributed by atoms with van der Waals surface area (Å²) >= 11 is 0. The van der Waals surface area contributed by atoms with E-state index >= 15 is 0 Å². The van der Waals surface area contributed by atoms with Gasteiger partial charge < -0.3 is 23.1 Å². The van der Waals surface area contributed by atoms with Crippen molar-refractivity contribution in [3.8, 4) is 0 Å². The molecule has 0 bridgehead atoms. The zero-order valence-corrected chi connectivity index (χ0v) is 24.2. The van der Waals surface area contributed by atoms with E-state index in [4.69, 9.17) is 23.1 Å². The van der Waals surface area contributed by atoms with Crippen molar-refractivity contribution >= 4 is 22.6 Å². The van der Waals surface area contributed by atoms with E-state index in [1.807, 2.05) is 0 Å². The fraction of sp³-hybridized carbons (Fsp3) is 0.875. The number of esters is 1. The van der Waals surface area contributed by atoms with Crippen molar-refractivity contribution in [2.45, 2.75) is 128 Å². The van der Waals surface area contributed by atoms with Crippen LogP contribution in [0.4, 0.5) is 0 Å². The molecule has 2 aliphatic heterocycles. The van der Waals surface area contributed by atoms with Gasteiger partial charge >= 0.3 is 5.97 Å². The number of rotatable bonds is 6. The van der Waals surface area contributed by atoms with Gasteiger partial charge in [0.25, 0.3) is 0 Å². The van der Waals surface area contributed by atoms with Gasteiger partial charge in [-0.15, -0.1) is 0 Å². The zero-order valence-electron chi connectivity index (χ0n) is 22.2. The summed E-state index contributed by atoms with van der Waals surface area (Å²) in [6, 6.07) is 0. The maximum Gasteiger partial charge on any atom is 0.308 e. The maximum atomic E-state index is 11.9. The first-order valence-electron chi connectivity index (χ1n) is 11.8. The Morgan fingerprint density at radius 2 is 1.53 bits per heavy atom. The average Bonchev–Trinajstić information content (AvgIpc) is 2.62. The molecule has 0 radical (unpaired) electrons. The Labute approximate surface area is 197 Å². The lowest BCUT2D eigenvalue weighted by Crippen LogP contribution is -2.63. The highest BCUT2D eigenvalue weighted by Gasteiger charge is 2.54. The lowest BCUT2D eigenvalue weighted by Gasteiger charge is -2.52. The second-order valence-electron chi connectivity index (χ2n) is 12.3. The summed E-state index contributed by atoms with van der Waals surface area (Å²) in [4.78, 5) is 11.9. The van der Waals surface area contributed by atoms with Crippen LogP contribution in [0.5, 0.6) is 0 Å². The molecule has 0 spiro atoms. The third-order valence-corrected chi connectivity index (χ3v) is 16.7. The van der Waals surface area contributed by atoms with Gasteiger partial charge in [-0.3, -0.25) is 4.79 Å². The fourth-order valence-corrected chi connectivity index (χ4v) is 6.16. The lowest BCUT2D eigenvalue weighted by molar-refractivity contribution is -0.211.